The van der Waals surface area contributed by atoms with Crippen molar-refractivity contribution in [2.75, 3.05) is 13.2 Å². The summed E-state index contributed by atoms with van der Waals surface area (Å²) < 4.78 is 39.2. The molecule has 0 bridgehead atoms. The van der Waals surface area contributed by atoms with Gasteiger partial charge >= 0.3 is 0 Å². The van der Waals surface area contributed by atoms with E-state index in [0.29, 0.717) is 24.7 Å². The van der Waals surface area contributed by atoms with Crippen LogP contribution in [0.3, 0.4) is 0 Å². The zero-order valence-corrected chi connectivity index (χ0v) is 15.1. The van der Waals surface area contributed by atoms with Crippen LogP contribution in [0.2, 0.25) is 0 Å². The Balaban J connectivity index is 1.60. The van der Waals surface area contributed by atoms with Crippen LogP contribution in [0.1, 0.15) is 18.5 Å². The highest BCUT2D eigenvalue weighted by Gasteiger charge is 2.22. The second-order valence-corrected chi connectivity index (χ2v) is 7.97. The number of nitrogens with one attached hydrogen (secondary N) is 1. The molecule has 0 radical (unpaired) electrons. The third-order valence-electron chi connectivity index (χ3n) is 4.43. The lowest BCUT2D eigenvalue weighted by molar-refractivity contribution is 0.171. The van der Waals surface area contributed by atoms with Crippen LogP contribution in [-0.2, 0) is 10.0 Å². The minimum atomic E-state index is -3.68. The molecule has 0 aromatic heterocycles. The molecule has 0 aliphatic carbocycles. The van der Waals surface area contributed by atoms with Crippen LogP contribution in [0.15, 0.2) is 65.6 Å². The number of rotatable bonds is 4. The molecule has 3 aromatic carbocycles. The zero-order chi connectivity index (χ0) is 18.1. The molecule has 0 unspecified atom stereocenters. The summed E-state index contributed by atoms with van der Waals surface area (Å²) in [5.74, 6) is 1.02. The Morgan fingerprint density at radius 2 is 1.62 bits per heavy atom. The van der Waals surface area contributed by atoms with Gasteiger partial charge in [0.25, 0.3) is 0 Å². The van der Waals surface area contributed by atoms with E-state index in [4.69, 9.17) is 9.47 Å². The van der Waals surface area contributed by atoms with Gasteiger partial charge in [-0.05, 0) is 41.5 Å². The van der Waals surface area contributed by atoms with Crippen molar-refractivity contribution in [2.24, 2.45) is 0 Å². The van der Waals surface area contributed by atoms with Crippen LogP contribution in [0.25, 0.3) is 10.8 Å². The standard InChI is InChI=1S/C20H19NO4S/c1-14(16-7-6-15-4-2-3-5-17(15)12-16)21-26(22,23)18-8-9-19-20(13-18)25-11-10-24-19/h2-9,12-14,21H,10-11H2,1H3/t14-/m1/s1. The first-order valence-electron chi connectivity index (χ1n) is 8.44. The molecule has 0 saturated heterocycles. The lowest BCUT2D eigenvalue weighted by Crippen LogP contribution is -2.27. The van der Waals surface area contributed by atoms with Gasteiger partial charge in [-0.1, -0.05) is 36.4 Å². The third-order valence-corrected chi connectivity index (χ3v) is 5.97. The van der Waals surface area contributed by atoms with Gasteiger partial charge in [0.15, 0.2) is 11.5 Å². The van der Waals surface area contributed by atoms with Gasteiger partial charge in [-0.2, -0.15) is 0 Å². The van der Waals surface area contributed by atoms with E-state index in [1.165, 1.54) is 12.1 Å². The van der Waals surface area contributed by atoms with E-state index in [1.807, 2.05) is 49.4 Å². The van der Waals surface area contributed by atoms with Crippen molar-refractivity contribution in [2.45, 2.75) is 17.9 Å². The monoisotopic (exact) mass is 369 g/mol. The van der Waals surface area contributed by atoms with E-state index in [2.05, 4.69) is 4.72 Å². The van der Waals surface area contributed by atoms with Crippen molar-refractivity contribution in [1.29, 1.82) is 0 Å². The Morgan fingerprint density at radius 1 is 0.885 bits per heavy atom. The van der Waals surface area contributed by atoms with Crippen LogP contribution in [0, 0.1) is 0 Å². The molecule has 1 N–H and O–H groups in total. The predicted octanol–water partition coefficient (Wildman–Crippen LogP) is 3.65. The van der Waals surface area contributed by atoms with Crippen LogP contribution >= 0.6 is 0 Å². The largest absolute Gasteiger partial charge is 0.486 e. The third kappa shape index (κ3) is 3.25. The van der Waals surface area contributed by atoms with Crippen LogP contribution in [0.4, 0.5) is 0 Å². The molecule has 4 rings (SSSR count). The fourth-order valence-electron chi connectivity index (χ4n) is 3.04. The first kappa shape index (κ1) is 16.9. The molecule has 0 spiro atoms. The predicted molar refractivity (Wildman–Crippen MR) is 100 cm³/mol. The summed E-state index contributed by atoms with van der Waals surface area (Å²) in [6.45, 7) is 2.72. The topological polar surface area (TPSA) is 64.6 Å². The minimum Gasteiger partial charge on any atom is -0.486 e. The summed E-state index contributed by atoms with van der Waals surface area (Å²) in [5.41, 5.74) is 0.907. The van der Waals surface area contributed by atoms with E-state index in [0.717, 1.165) is 16.3 Å². The lowest BCUT2D eigenvalue weighted by atomic mass is 10.0. The molecule has 1 aliphatic heterocycles. The molecule has 6 heteroatoms. The van der Waals surface area contributed by atoms with Gasteiger partial charge in [0.2, 0.25) is 10.0 Å². The Kier molecular flexibility index (Phi) is 4.30. The molecule has 1 aliphatic rings. The quantitative estimate of drug-likeness (QED) is 0.762. The van der Waals surface area contributed by atoms with Gasteiger partial charge in [-0.25, -0.2) is 13.1 Å². The molecule has 26 heavy (non-hydrogen) atoms. The number of sulfonamides is 1. The molecule has 134 valence electrons. The molecule has 0 fully saturated rings. The number of hydrogen-bond donors (Lipinski definition) is 1. The van der Waals surface area contributed by atoms with E-state index in [1.54, 1.807) is 6.07 Å². The summed E-state index contributed by atoms with van der Waals surface area (Å²) in [5, 5.41) is 2.20. The normalized spacial score (nSPS) is 15.0. The Labute approximate surface area is 152 Å². The van der Waals surface area contributed by atoms with Crippen molar-refractivity contribution in [3.63, 3.8) is 0 Å². The van der Waals surface area contributed by atoms with E-state index in [-0.39, 0.29) is 10.9 Å². The average Bonchev–Trinajstić information content (AvgIpc) is 2.67. The lowest BCUT2D eigenvalue weighted by Gasteiger charge is -2.20. The molecule has 0 amide bonds. The Hall–Kier alpha value is -2.57. The van der Waals surface area contributed by atoms with E-state index in [9.17, 15) is 8.42 Å². The smallest absolute Gasteiger partial charge is 0.241 e. The summed E-state index contributed by atoms with van der Waals surface area (Å²) in [6.07, 6.45) is 0. The number of benzene rings is 3. The highest BCUT2D eigenvalue weighted by molar-refractivity contribution is 7.89. The van der Waals surface area contributed by atoms with Gasteiger partial charge in [0.1, 0.15) is 13.2 Å². The van der Waals surface area contributed by atoms with Crippen LogP contribution in [0.5, 0.6) is 11.5 Å². The number of hydrogen-bond acceptors (Lipinski definition) is 4. The second kappa shape index (κ2) is 6.63. The maximum atomic E-state index is 12.8. The van der Waals surface area contributed by atoms with E-state index < -0.39 is 10.0 Å². The summed E-state index contributed by atoms with van der Waals surface area (Å²) in [6, 6.07) is 18.2. The maximum Gasteiger partial charge on any atom is 0.241 e. The first-order valence-corrected chi connectivity index (χ1v) is 9.92. The zero-order valence-electron chi connectivity index (χ0n) is 14.3. The molecular weight excluding hydrogens is 350 g/mol. The van der Waals surface area contributed by atoms with Crippen LogP contribution in [-0.4, -0.2) is 21.6 Å². The molecule has 3 aromatic rings. The molecular formula is C20H19NO4S. The van der Waals surface area contributed by atoms with E-state index >= 15 is 0 Å². The van der Waals surface area contributed by atoms with Gasteiger partial charge in [-0.3, -0.25) is 0 Å². The average molecular weight is 369 g/mol. The summed E-state index contributed by atoms with van der Waals surface area (Å²) >= 11 is 0. The van der Waals surface area contributed by atoms with Crippen molar-refractivity contribution in [3.8, 4) is 11.5 Å². The van der Waals surface area contributed by atoms with Crippen molar-refractivity contribution < 1.29 is 17.9 Å². The second-order valence-electron chi connectivity index (χ2n) is 6.26. The fraction of sp³-hybridized carbons (Fsp3) is 0.200. The Morgan fingerprint density at radius 3 is 2.42 bits per heavy atom. The van der Waals surface area contributed by atoms with Crippen molar-refractivity contribution in [3.05, 3.63) is 66.2 Å². The highest BCUT2D eigenvalue weighted by atomic mass is 32.2. The first-order chi connectivity index (χ1) is 12.5. The summed E-state index contributed by atoms with van der Waals surface area (Å²) in [4.78, 5) is 0.161. The minimum absolute atomic E-state index is 0.161. The molecule has 1 atom stereocenters. The highest BCUT2D eigenvalue weighted by Crippen LogP contribution is 2.32. The maximum absolute atomic E-state index is 12.8. The van der Waals surface area contributed by atoms with Gasteiger partial charge < -0.3 is 9.47 Å². The number of ether oxygens (including phenoxy) is 2. The fourth-order valence-corrected chi connectivity index (χ4v) is 4.28. The van der Waals surface area contributed by atoms with Crippen molar-refractivity contribution in [1.82, 2.24) is 4.72 Å². The SMILES string of the molecule is C[C@@H](NS(=O)(=O)c1ccc2c(c1)OCCO2)c1ccc2ccccc2c1. The molecule has 1 heterocycles. The number of fused-ring (bicyclic) bond motifs is 2. The van der Waals surface area contributed by atoms with Gasteiger partial charge in [-0.15, -0.1) is 0 Å². The Bertz CT molecular complexity index is 1060. The molecule has 0 saturated carbocycles. The van der Waals surface area contributed by atoms with Gasteiger partial charge in [0, 0.05) is 12.1 Å². The van der Waals surface area contributed by atoms with Crippen molar-refractivity contribution >= 4 is 20.8 Å². The summed E-state index contributed by atoms with van der Waals surface area (Å²) in [7, 11) is -3.68. The molecule has 5 nitrogen and oxygen atoms in total. The van der Waals surface area contributed by atoms with Gasteiger partial charge in [0.05, 0.1) is 4.90 Å². The van der Waals surface area contributed by atoms with Crippen LogP contribution < -0.4 is 14.2 Å².